The number of aromatic nitrogens is 4. The van der Waals surface area contributed by atoms with Crippen LogP contribution in [0.3, 0.4) is 0 Å². The largest absolute Gasteiger partial charge is 0.372 e. The fraction of sp³-hybridized carbons (Fsp3) is 0.385. The number of ether oxygens (including phenoxy) is 1. The van der Waals surface area contributed by atoms with Crippen molar-refractivity contribution in [2.45, 2.75) is 57.8 Å². The third-order valence-electron chi connectivity index (χ3n) is 6.55. The molecule has 0 aliphatic carbocycles. The highest BCUT2D eigenvalue weighted by atomic mass is 35.5. The van der Waals surface area contributed by atoms with Crippen LogP contribution in [0, 0.1) is 0 Å². The van der Waals surface area contributed by atoms with Gasteiger partial charge in [-0.15, -0.1) is 11.3 Å². The lowest BCUT2D eigenvalue weighted by Crippen LogP contribution is -2.37. The van der Waals surface area contributed by atoms with Crippen molar-refractivity contribution in [3.8, 4) is 11.3 Å². The lowest BCUT2D eigenvalue weighted by Gasteiger charge is -2.36. The molecule has 0 N–H and O–H groups in total. The molecule has 1 fully saturated rings. The van der Waals surface area contributed by atoms with Crippen LogP contribution in [0.15, 0.2) is 46.4 Å². The summed E-state index contributed by atoms with van der Waals surface area (Å²) < 4.78 is 9.80. The summed E-state index contributed by atoms with van der Waals surface area (Å²) in [7, 11) is 1.62. The maximum Gasteiger partial charge on any atom is 0.331 e. The van der Waals surface area contributed by atoms with E-state index in [1.54, 1.807) is 13.1 Å². The van der Waals surface area contributed by atoms with Crippen molar-refractivity contribution in [1.29, 1.82) is 0 Å². The molecule has 1 saturated heterocycles. The predicted molar refractivity (Wildman–Crippen MR) is 144 cm³/mol. The number of nitrogens with zero attached hydrogens (tertiary/aromatic N) is 4. The van der Waals surface area contributed by atoms with Gasteiger partial charge in [0.1, 0.15) is 6.33 Å². The minimum Gasteiger partial charge on any atom is -0.372 e. The predicted octanol–water partition coefficient (Wildman–Crippen LogP) is 5.46. The molecule has 10 heteroatoms. The van der Waals surface area contributed by atoms with Gasteiger partial charge in [0, 0.05) is 46.2 Å². The van der Waals surface area contributed by atoms with Gasteiger partial charge in [-0.05, 0) is 56.9 Å². The fourth-order valence-corrected chi connectivity index (χ4v) is 6.48. The smallest absolute Gasteiger partial charge is 0.331 e. The number of thiophene rings is 1. The quantitative estimate of drug-likeness (QED) is 0.333. The van der Waals surface area contributed by atoms with Crippen LogP contribution in [0.5, 0.6) is 0 Å². The first-order valence-corrected chi connectivity index (χ1v) is 13.3. The highest BCUT2D eigenvalue weighted by Gasteiger charge is 2.30. The molecule has 0 amide bonds. The molecule has 1 aliphatic rings. The maximum absolute atomic E-state index is 12.5. The number of hydrogen-bond acceptors (Lipinski definition) is 6. The summed E-state index contributed by atoms with van der Waals surface area (Å²) in [5.74, 6) is 0. The number of rotatable bonds is 5. The van der Waals surface area contributed by atoms with Crippen molar-refractivity contribution in [2.24, 2.45) is 7.05 Å². The van der Waals surface area contributed by atoms with Crippen molar-refractivity contribution < 1.29 is 4.74 Å². The average molecular weight is 545 g/mol. The van der Waals surface area contributed by atoms with E-state index in [1.807, 2.05) is 12.1 Å². The van der Waals surface area contributed by atoms with Crippen molar-refractivity contribution >= 4 is 44.8 Å². The van der Waals surface area contributed by atoms with Gasteiger partial charge in [0.05, 0.1) is 34.2 Å². The molecule has 36 heavy (non-hydrogen) atoms. The zero-order valence-electron chi connectivity index (χ0n) is 20.3. The number of benzene rings is 1. The van der Waals surface area contributed by atoms with Crippen molar-refractivity contribution in [3.63, 3.8) is 0 Å². The van der Waals surface area contributed by atoms with Gasteiger partial charge >= 0.3 is 5.69 Å². The molecule has 7 nitrogen and oxygen atoms in total. The molecule has 0 radical (unpaired) electrons. The van der Waals surface area contributed by atoms with E-state index in [0.717, 1.165) is 51.2 Å². The number of fused-ring (bicyclic) bond motifs is 1. The van der Waals surface area contributed by atoms with E-state index >= 15 is 0 Å². The highest BCUT2D eigenvalue weighted by Crippen LogP contribution is 2.40. The maximum atomic E-state index is 12.5. The Morgan fingerprint density at radius 1 is 1.19 bits per heavy atom. The Bertz CT molecular complexity index is 1570. The number of halogens is 2. The third kappa shape index (κ3) is 5.00. The second-order valence-electron chi connectivity index (χ2n) is 9.79. The molecule has 0 saturated carbocycles. The fourth-order valence-electron chi connectivity index (χ4n) is 4.81. The van der Waals surface area contributed by atoms with E-state index < -0.39 is 0 Å². The minimum absolute atomic E-state index is 0.0450. The van der Waals surface area contributed by atoms with Crippen LogP contribution >= 0.6 is 34.5 Å². The SMILES string of the molecule is Cn1ccc(=O)n(Cc2cc3ncnc(-c4cc(Cl)cc(Cl)c4C[C@@H]4CCCC(C)(C)O4)c3s2)c1=O. The molecule has 0 unspecified atom stereocenters. The molecule has 1 aromatic carbocycles. The normalized spacial score (nSPS) is 17.5. The Labute approximate surface area is 222 Å². The van der Waals surface area contributed by atoms with Gasteiger partial charge < -0.3 is 9.30 Å². The monoisotopic (exact) mass is 544 g/mol. The summed E-state index contributed by atoms with van der Waals surface area (Å²) in [4.78, 5) is 34.7. The molecular formula is C26H26Cl2N4O3S. The Morgan fingerprint density at radius 3 is 2.78 bits per heavy atom. The van der Waals surface area contributed by atoms with E-state index in [9.17, 15) is 9.59 Å². The van der Waals surface area contributed by atoms with E-state index in [-0.39, 0.29) is 29.5 Å². The zero-order valence-corrected chi connectivity index (χ0v) is 22.6. The Kier molecular flexibility index (Phi) is 6.80. The van der Waals surface area contributed by atoms with Gasteiger partial charge in [-0.2, -0.15) is 0 Å². The number of aryl methyl sites for hydroxylation is 1. The zero-order chi connectivity index (χ0) is 25.6. The summed E-state index contributed by atoms with van der Waals surface area (Å²) in [6.45, 7) is 4.40. The molecule has 0 bridgehead atoms. The van der Waals surface area contributed by atoms with Crippen molar-refractivity contribution in [1.82, 2.24) is 19.1 Å². The summed E-state index contributed by atoms with van der Waals surface area (Å²) in [5.41, 5.74) is 2.35. The molecular weight excluding hydrogens is 519 g/mol. The molecule has 188 valence electrons. The van der Waals surface area contributed by atoms with Gasteiger partial charge in [0.2, 0.25) is 0 Å². The van der Waals surface area contributed by atoms with Gasteiger partial charge in [-0.3, -0.25) is 9.36 Å². The lowest BCUT2D eigenvalue weighted by molar-refractivity contribution is -0.105. The van der Waals surface area contributed by atoms with E-state index in [1.165, 1.54) is 39.1 Å². The molecule has 5 rings (SSSR count). The van der Waals surface area contributed by atoms with E-state index in [0.29, 0.717) is 16.5 Å². The van der Waals surface area contributed by atoms with Crippen LogP contribution in [0.25, 0.3) is 21.5 Å². The van der Waals surface area contributed by atoms with Crippen LogP contribution in [0.1, 0.15) is 43.6 Å². The summed E-state index contributed by atoms with van der Waals surface area (Å²) in [5, 5.41) is 1.10. The highest BCUT2D eigenvalue weighted by molar-refractivity contribution is 7.19. The van der Waals surface area contributed by atoms with Crippen LogP contribution < -0.4 is 11.2 Å². The molecule has 4 aromatic rings. The second kappa shape index (κ2) is 9.74. The standard InChI is InChI=1S/C26H26Cl2N4O3S/c1-26(2)7-4-5-16(35-26)11-18-19(9-15(27)10-20(18)28)23-24-21(29-14-30-23)12-17(36-24)13-32-22(33)6-8-31(3)25(32)34/h6,8-10,12,14,16H,4-5,7,11,13H2,1-3H3/t16-/m0/s1. The first-order chi connectivity index (χ1) is 17.1. The summed E-state index contributed by atoms with van der Waals surface area (Å²) in [6, 6.07) is 6.92. The van der Waals surface area contributed by atoms with Crippen molar-refractivity contribution in [2.75, 3.05) is 0 Å². The van der Waals surface area contributed by atoms with E-state index in [2.05, 4.69) is 23.8 Å². The van der Waals surface area contributed by atoms with Gasteiger partial charge in [0.15, 0.2) is 0 Å². The molecule has 4 heterocycles. The van der Waals surface area contributed by atoms with E-state index in [4.69, 9.17) is 27.9 Å². The van der Waals surface area contributed by atoms with Crippen molar-refractivity contribution in [3.05, 3.63) is 78.1 Å². The molecule has 3 aromatic heterocycles. The van der Waals surface area contributed by atoms with Gasteiger partial charge in [0.25, 0.3) is 5.56 Å². The first-order valence-electron chi connectivity index (χ1n) is 11.8. The lowest BCUT2D eigenvalue weighted by atomic mass is 9.90. The Balaban J connectivity index is 1.58. The Morgan fingerprint density at radius 2 is 2.00 bits per heavy atom. The Hall–Kier alpha value is -2.52. The molecule has 1 aliphatic heterocycles. The second-order valence-corrected chi connectivity index (χ2v) is 11.8. The van der Waals surface area contributed by atoms with Gasteiger partial charge in [-0.25, -0.2) is 14.8 Å². The van der Waals surface area contributed by atoms with Crippen LogP contribution in [-0.4, -0.2) is 30.8 Å². The minimum atomic E-state index is -0.370. The average Bonchev–Trinajstić information content (AvgIpc) is 3.23. The number of hydrogen-bond donors (Lipinski definition) is 0. The molecule has 1 atom stereocenters. The summed E-state index contributed by atoms with van der Waals surface area (Å²) >= 11 is 14.6. The van der Waals surface area contributed by atoms with Crippen LogP contribution in [0.2, 0.25) is 10.0 Å². The van der Waals surface area contributed by atoms with Crippen LogP contribution in [0.4, 0.5) is 0 Å². The topological polar surface area (TPSA) is 79.0 Å². The first kappa shape index (κ1) is 25.1. The molecule has 0 spiro atoms. The summed E-state index contributed by atoms with van der Waals surface area (Å²) in [6.07, 6.45) is 6.77. The van der Waals surface area contributed by atoms with Crippen LogP contribution in [-0.2, 0) is 24.8 Å². The third-order valence-corrected chi connectivity index (χ3v) is 8.22. The van der Waals surface area contributed by atoms with Gasteiger partial charge in [-0.1, -0.05) is 23.2 Å².